The molecule has 1 aliphatic rings. The van der Waals surface area contributed by atoms with Crippen LogP contribution >= 0.6 is 0 Å². The van der Waals surface area contributed by atoms with Gasteiger partial charge in [0.2, 0.25) is 76.8 Å². The molecule has 0 aromatic heterocycles. The van der Waals surface area contributed by atoms with E-state index in [2.05, 4.69) is 58.5 Å². The van der Waals surface area contributed by atoms with Gasteiger partial charge in [0.25, 0.3) is 0 Å². The summed E-state index contributed by atoms with van der Waals surface area (Å²) in [5, 5.41) is 96.9. The molecule has 1 aliphatic heterocycles. The molecule has 36 heteroatoms. The van der Waals surface area contributed by atoms with Crippen molar-refractivity contribution in [1.29, 1.82) is 0 Å². The summed E-state index contributed by atoms with van der Waals surface area (Å²) in [6.45, 7) is 3.09. The molecule has 12 atom stereocenters. The third-order valence-electron chi connectivity index (χ3n) is 18.0. The Morgan fingerprint density at radius 2 is 0.777 bits per heavy atom. The number of nitrogens with zero attached hydrogens (tertiary/aromatic N) is 1. The maximum Gasteiger partial charge on any atom is 0.326 e. The number of phenols is 3. The third kappa shape index (κ3) is 27.8. The molecule has 22 N–H and O–H groups in total. The summed E-state index contributed by atoms with van der Waals surface area (Å²) in [6, 6.07) is 14.0. The fourth-order valence-corrected chi connectivity index (χ4v) is 11.9. The van der Waals surface area contributed by atoms with Crippen molar-refractivity contribution in [3.8, 4) is 17.2 Å². The van der Waals surface area contributed by atoms with E-state index in [1.54, 1.807) is 74.5 Å². The minimum atomic E-state index is -1.92. The number of carboxylic acid groups (broad SMARTS) is 2. The lowest BCUT2D eigenvalue weighted by Gasteiger charge is -2.32. The third-order valence-corrected chi connectivity index (χ3v) is 18.0. The van der Waals surface area contributed by atoms with Crippen molar-refractivity contribution in [3.63, 3.8) is 0 Å². The van der Waals surface area contributed by atoms with Gasteiger partial charge in [-0.1, -0.05) is 125 Å². The molecule has 5 aromatic carbocycles. The van der Waals surface area contributed by atoms with E-state index in [0.717, 1.165) is 10.5 Å². The van der Waals surface area contributed by atoms with E-state index < -0.39 is 206 Å². The van der Waals surface area contributed by atoms with Crippen LogP contribution in [0, 0.1) is 11.8 Å². The molecular formula is C76H96N14O22. The average molecular weight is 1560 g/mol. The molecule has 0 unspecified atom stereocenters. The number of hydrogen-bond acceptors (Lipinski definition) is 21. The number of carboxylic acids is 2. The molecule has 0 radical (unpaired) electrons. The van der Waals surface area contributed by atoms with Gasteiger partial charge in [-0.3, -0.25) is 67.1 Å². The largest absolute Gasteiger partial charge is 0.508 e. The Bertz CT molecular complexity index is 4120. The first-order chi connectivity index (χ1) is 53.1. The fourth-order valence-electron chi connectivity index (χ4n) is 11.9. The molecule has 36 nitrogen and oxygen atoms in total. The Hall–Kier alpha value is -12.6. The Morgan fingerprint density at radius 1 is 0.411 bits per heavy atom. The summed E-state index contributed by atoms with van der Waals surface area (Å²) >= 11 is 0. The number of rotatable bonds is 42. The van der Waals surface area contributed by atoms with Crippen molar-refractivity contribution >= 4 is 88.7 Å². The number of nitrogens with two attached hydrogens (primary N) is 2. The van der Waals surface area contributed by atoms with Gasteiger partial charge in [-0.05, 0) is 95.3 Å². The van der Waals surface area contributed by atoms with Gasteiger partial charge < -0.3 is 111 Å². The number of hydrogen-bond donors (Lipinski definition) is 20. The standard InChI is InChI=1S/C76H96N14O22/c1-40(2)63(88-65(100)50(77)30-42-12-7-5-8-13-42)74(109)87-58(39-92)71(106)82-52(32-44-17-23-47(93)24-18-44)67(102)83-54(35-60(78)96)66(101)79-37-61(97)80-57(38-91)72(107)89-64(41(3)4)75(110)90-29-11-16-59(90)73(108)85-53(33-45-19-25-48(94)26-20-45)69(104)81-51(31-43-14-9-6-10-15-43)68(103)84-55(36-62(98)99)70(105)86-56(76(111)112)34-46-21-27-49(95)28-22-46/h5-10,12-15,17-28,40-41,50-59,63-64,91-95H,11,16,29-39,77H2,1-4H3,(H2,78,96)(H,79,101)(H,80,97)(H,81,104)(H,82,106)(H,83,102)(H,84,103)(H,85,108)(H,86,105)(H,87,109)(H,88,100)(H,89,107)(H,98,99)(H,111,112)/t50-,51-,52-,53-,54-,55-,56-,57-,58-,59-,63-,64-/m0/s1. The minimum absolute atomic E-state index is 0.0119. The number of likely N-dealkylation sites (tertiary alicyclic amines) is 1. The number of aliphatic carboxylic acids is 2. The molecular weight excluding hydrogens is 1460 g/mol. The Kier molecular flexibility index (Phi) is 33.9. The highest BCUT2D eigenvalue weighted by Crippen LogP contribution is 2.23. The zero-order valence-corrected chi connectivity index (χ0v) is 61.8. The van der Waals surface area contributed by atoms with Crippen LogP contribution in [0.1, 0.15) is 81.2 Å². The van der Waals surface area contributed by atoms with Gasteiger partial charge in [-0.15, -0.1) is 0 Å². The van der Waals surface area contributed by atoms with Crippen LogP contribution in [0.5, 0.6) is 17.2 Å². The molecule has 13 amide bonds. The van der Waals surface area contributed by atoms with Gasteiger partial charge in [0.05, 0.1) is 38.6 Å². The molecule has 1 saturated heterocycles. The number of primary amides is 1. The van der Waals surface area contributed by atoms with Crippen LogP contribution in [-0.2, 0) is 104 Å². The summed E-state index contributed by atoms with van der Waals surface area (Å²) in [5.74, 6) is -18.4. The quantitative estimate of drug-likeness (QED) is 0.0179. The Balaban J connectivity index is 1.11. The van der Waals surface area contributed by atoms with Crippen LogP contribution in [0.3, 0.4) is 0 Å². The van der Waals surface area contributed by atoms with E-state index in [0.29, 0.717) is 22.3 Å². The van der Waals surface area contributed by atoms with Gasteiger partial charge in [-0.2, -0.15) is 0 Å². The van der Waals surface area contributed by atoms with Gasteiger partial charge in [0.1, 0.15) is 83.7 Å². The number of carbonyl (C=O) groups is 15. The number of aliphatic hydroxyl groups is 2. The topological polar surface area (TPSA) is 585 Å². The SMILES string of the molecule is CC(C)[C@H](NC(=O)[C@@H](N)Cc1ccccc1)C(=O)N[C@@H](CO)C(=O)N[C@@H](Cc1ccc(O)cc1)C(=O)N[C@@H](CC(N)=O)C(=O)NCC(=O)N[C@@H](CO)C(=O)N[C@H](C(=O)N1CCC[C@H]1C(=O)N[C@@H](Cc1ccc(O)cc1)C(=O)N[C@@H](Cc1ccccc1)C(=O)N[C@@H](CC(=O)O)C(=O)N[C@@H](Cc1ccc(O)cc1)C(=O)O)C(C)C. The van der Waals surface area contributed by atoms with E-state index in [1.807, 2.05) is 0 Å². The van der Waals surface area contributed by atoms with Crippen molar-refractivity contribution in [1.82, 2.24) is 63.4 Å². The number of aliphatic hydroxyl groups excluding tert-OH is 2. The van der Waals surface area contributed by atoms with E-state index >= 15 is 0 Å². The normalized spacial score (nSPS) is 15.4. The van der Waals surface area contributed by atoms with E-state index in [4.69, 9.17) is 11.5 Å². The lowest BCUT2D eigenvalue weighted by molar-refractivity contribution is -0.144. The molecule has 112 heavy (non-hydrogen) atoms. The van der Waals surface area contributed by atoms with Gasteiger partial charge in [0.15, 0.2) is 0 Å². The zero-order valence-electron chi connectivity index (χ0n) is 61.8. The predicted octanol–water partition coefficient (Wildman–Crippen LogP) is -3.67. The molecule has 6 rings (SSSR count). The monoisotopic (exact) mass is 1560 g/mol. The maximum atomic E-state index is 14.7. The zero-order chi connectivity index (χ0) is 82.5. The molecule has 1 heterocycles. The second kappa shape index (κ2) is 43.0. The predicted molar refractivity (Wildman–Crippen MR) is 398 cm³/mol. The van der Waals surface area contributed by atoms with Crippen LogP contribution in [0.2, 0.25) is 0 Å². The number of phenolic OH excluding ortho intramolecular Hbond substituents is 3. The van der Waals surface area contributed by atoms with Crippen molar-refractivity contribution in [3.05, 3.63) is 161 Å². The van der Waals surface area contributed by atoms with Crippen molar-refractivity contribution in [2.24, 2.45) is 23.3 Å². The number of benzene rings is 5. The van der Waals surface area contributed by atoms with Crippen LogP contribution in [0.25, 0.3) is 0 Å². The second-order valence-corrected chi connectivity index (χ2v) is 27.5. The highest BCUT2D eigenvalue weighted by atomic mass is 16.4. The summed E-state index contributed by atoms with van der Waals surface area (Å²) in [6.07, 6.45) is -2.90. The molecule has 0 bridgehead atoms. The molecule has 0 aliphatic carbocycles. The van der Waals surface area contributed by atoms with E-state index in [-0.39, 0.29) is 68.7 Å². The molecule has 5 aromatic rings. The molecule has 0 saturated carbocycles. The fraction of sp³-hybridized carbons (Fsp3) is 0.408. The number of nitrogens with one attached hydrogen (secondary N) is 11. The summed E-state index contributed by atoms with van der Waals surface area (Å²) in [5.41, 5.74) is 13.9. The van der Waals surface area contributed by atoms with Gasteiger partial charge >= 0.3 is 11.9 Å². The average Bonchev–Trinajstić information content (AvgIpc) is 1.59. The van der Waals surface area contributed by atoms with Crippen LogP contribution in [0.4, 0.5) is 0 Å². The number of amides is 13. The minimum Gasteiger partial charge on any atom is -0.508 e. The maximum absolute atomic E-state index is 14.7. The summed E-state index contributed by atoms with van der Waals surface area (Å²) < 4.78 is 0. The van der Waals surface area contributed by atoms with E-state index in [9.17, 15) is 108 Å². The summed E-state index contributed by atoms with van der Waals surface area (Å²) in [7, 11) is 0. The van der Waals surface area contributed by atoms with Crippen molar-refractivity contribution in [2.75, 3.05) is 26.3 Å². The first-order valence-corrected chi connectivity index (χ1v) is 35.9. The molecule has 0 spiro atoms. The lowest BCUT2D eigenvalue weighted by atomic mass is 10.0. The van der Waals surface area contributed by atoms with Crippen LogP contribution < -0.4 is 70.0 Å². The van der Waals surface area contributed by atoms with Gasteiger partial charge in [0, 0.05) is 32.2 Å². The van der Waals surface area contributed by atoms with Crippen molar-refractivity contribution in [2.45, 2.75) is 158 Å². The van der Waals surface area contributed by atoms with Gasteiger partial charge in [-0.25, -0.2) is 4.79 Å². The number of carbonyl (C=O) groups excluding carboxylic acids is 13. The second-order valence-electron chi connectivity index (χ2n) is 27.5. The summed E-state index contributed by atoms with van der Waals surface area (Å²) in [4.78, 5) is 206. The molecule has 1 fully saturated rings. The smallest absolute Gasteiger partial charge is 0.326 e. The van der Waals surface area contributed by atoms with Crippen LogP contribution in [-0.4, -0.2) is 228 Å². The highest BCUT2D eigenvalue weighted by Gasteiger charge is 2.42. The van der Waals surface area contributed by atoms with E-state index in [1.165, 1.54) is 86.6 Å². The lowest BCUT2D eigenvalue weighted by Crippen LogP contribution is -2.61. The Morgan fingerprint density at radius 3 is 1.21 bits per heavy atom. The Labute approximate surface area is 643 Å². The number of aromatic hydroxyl groups is 3. The molecule has 602 valence electrons. The first kappa shape index (κ1) is 88.3. The highest BCUT2D eigenvalue weighted by molar-refractivity contribution is 6.01. The van der Waals surface area contributed by atoms with Crippen LogP contribution in [0.15, 0.2) is 133 Å². The first-order valence-electron chi connectivity index (χ1n) is 35.9. The van der Waals surface area contributed by atoms with Crippen molar-refractivity contribution < 1.29 is 108 Å².